The average molecular weight is 1900 g/mol. The number of fused-ring (bicyclic) bond motifs is 38. The Morgan fingerprint density at radius 3 is 0.793 bits per heavy atom. The molecule has 0 amide bonds. The first-order chi connectivity index (χ1) is 74.4. The minimum Gasteiger partial charge on any atom is -0.456 e. The molecule has 4 nitrogen and oxygen atoms in total. The molecule has 0 fully saturated rings. The number of benzene rings is 26. The first-order valence-corrected chi connectivity index (χ1v) is 52.0. The van der Waals surface area contributed by atoms with Gasteiger partial charge in [0.25, 0.3) is 0 Å². The summed E-state index contributed by atoms with van der Waals surface area (Å²) in [6.07, 6.45) is 0. The number of hydrogen-bond donors (Lipinski definition) is 0. The zero-order chi connectivity index (χ0) is 98.4. The molecule has 150 heavy (non-hydrogen) atoms. The summed E-state index contributed by atoms with van der Waals surface area (Å²) in [6.45, 7) is 0. The molecule has 0 aliphatic heterocycles. The molecule has 4 aliphatic rings. The highest BCUT2D eigenvalue weighted by Gasteiger charge is 2.54. The number of furan rings is 2. The lowest BCUT2D eigenvalue weighted by Crippen LogP contribution is -2.26. The molecule has 696 valence electrons. The predicted octanol–water partition coefficient (Wildman–Crippen LogP) is 39.7. The third kappa shape index (κ3) is 12.6. The summed E-state index contributed by atoms with van der Waals surface area (Å²) < 4.78 is 13.5. The number of anilines is 6. The molecule has 0 radical (unpaired) electrons. The fourth-order valence-corrected chi connectivity index (χ4v) is 26.7. The Morgan fingerprint density at radius 2 is 0.413 bits per heavy atom. The van der Waals surface area contributed by atoms with Crippen LogP contribution in [-0.2, 0) is 10.8 Å². The highest BCUT2D eigenvalue weighted by atomic mass is 16.3. The third-order valence-corrected chi connectivity index (χ3v) is 32.9. The topological polar surface area (TPSA) is 32.8 Å². The molecular formula is C146H90N2O2. The van der Waals surface area contributed by atoms with E-state index in [9.17, 15) is 0 Å². The van der Waals surface area contributed by atoms with E-state index in [1.165, 1.54) is 159 Å². The van der Waals surface area contributed by atoms with Gasteiger partial charge in [-0.1, -0.05) is 443 Å². The van der Waals surface area contributed by atoms with Gasteiger partial charge in [-0.25, -0.2) is 0 Å². The molecule has 28 aromatic rings. The first-order valence-electron chi connectivity index (χ1n) is 52.0. The fourth-order valence-electron chi connectivity index (χ4n) is 26.7. The smallest absolute Gasteiger partial charge is 0.136 e. The van der Waals surface area contributed by atoms with Gasteiger partial charge in [0.2, 0.25) is 0 Å². The van der Waals surface area contributed by atoms with Crippen molar-refractivity contribution in [2.75, 3.05) is 9.80 Å². The van der Waals surface area contributed by atoms with Gasteiger partial charge >= 0.3 is 0 Å². The second kappa shape index (κ2) is 33.5. The number of para-hydroxylation sites is 2. The fraction of sp³-hybridized carbons (Fsp3) is 0.0137. The monoisotopic (exact) mass is 1900 g/mol. The highest BCUT2D eigenvalue weighted by Crippen LogP contribution is 2.68. The van der Waals surface area contributed by atoms with Gasteiger partial charge in [-0.05, 0) is 307 Å². The van der Waals surface area contributed by atoms with Crippen LogP contribution in [0.2, 0.25) is 0 Å². The Labute approximate surface area is 867 Å². The van der Waals surface area contributed by atoms with Gasteiger partial charge in [-0.15, -0.1) is 0 Å². The average Bonchev–Trinajstić information content (AvgIpc) is 1.51. The standard InChI is InChI=1S/2C73H45NO/c1-3-20-46(21-4-1)48-38-41-68(60(42-48)47-22-5-2-6-23-47)74(49-39-40-54-52-26-8-7-24-50(52)51-25-9-10-27-53(51)61(54)43-49)69-45-67-62(44-63(69)58-32-19-37-71-72(58)59-31-14-18-36-70(59)75-71)57-30-13-17-35-66(57)73(67)64-33-15-11-28-55(64)56-29-12-16-34-65(56)73;1-3-20-46(21-4-1)48-40-49(47-22-5-2-6-23-47)42-51(41-48)74(50-38-39-56-54-26-8-7-24-52(54)53-25-9-10-27-55(53)62(56)43-50)69-45-68-63(44-64(69)60-32-19-37-71-72(60)61-31-14-18-36-70(61)75-71)59-30-13-17-35-67(59)73(68)65-33-15-11-28-57(65)58-29-12-16-34-66(58)73/h2*1-45H. The molecule has 0 N–H and O–H groups in total. The number of rotatable bonds is 12. The molecule has 26 aromatic carbocycles. The van der Waals surface area contributed by atoms with Gasteiger partial charge in [0, 0.05) is 55.3 Å². The molecule has 0 saturated carbocycles. The van der Waals surface area contributed by atoms with Crippen LogP contribution >= 0.6 is 0 Å². The Kier molecular flexibility index (Phi) is 19.0. The molecule has 4 aliphatic carbocycles. The lowest BCUT2D eigenvalue weighted by molar-refractivity contribution is 0.668. The minimum absolute atomic E-state index is 0.577. The number of nitrogens with zero attached hydrogens (tertiary/aromatic N) is 2. The minimum atomic E-state index is -0.579. The second-order valence-corrected chi connectivity index (χ2v) is 40.4. The van der Waals surface area contributed by atoms with Crippen molar-refractivity contribution in [3.63, 3.8) is 0 Å². The molecule has 0 saturated heterocycles. The van der Waals surface area contributed by atoms with Crippen molar-refractivity contribution in [2.45, 2.75) is 10.8 Å². The molecule has 2 heterocycles. The summed E-state index contributed by atoms with van der Waals surface area (Å²) in [5.74, 6) is 0. The van der Waals surface area contributed by atoms with Gasteiger partial charge in [0.1, 0.15) is 22.3 Å². The Bertz CT molecular complexity index is 10300. The van der Waals surface area contributed by atoms with E-state index in [0.29, 0.717) is 0 Å². The van der Waals surface area contributed by atoms with Gasteiger partial charge in [-0.3, -0.25) is 0 Å². The van der Waals surface area contributed by atoms with Crippen molar-refractivity contribution >= 4 is 143 Å². The van der Waals surface area contributed by atoms with Crippen LogP contribution < -0.4 is 9.80 Å². The van der Waals surface area contributed by atoms with Gasteiger partial charge in [-0.2, -0.15) is 0 Å². The molecule has 4 heteroatoms. The van der Waals surface area contributed by atoms with Crippen LogP contribution in [0.3, 0.4) is 0 Å². The highest BCUT2D eigenvalue weighted by molar-refractivity contribution is 6.28. The van der Waals surface area contributed by atoms with E-state index in [0.717, 1.165) is 139 Å². The molecule has 32 rings (SSSR count). The zero-order valence-electron chi connectivity index (χ0n) is 81.7. The summed E-state index contributed by atoms with van der Waals surface area (Å²) >= 11 is 0. The van der Waals surface area contributed by atoms with Crippen molar-refractivity contribution in [1.82, 2.24) is 0 Å². The molecule has 0 bridgehead atoms. The molecular weight excluding hydrogens is 1810 g/mol. The van der Waals surface area contributed by atoms with Gasteiger partial charge in [0.15, 0.2) is 0 Å². The van der Waals surface area contributed by atoms with E-state index < -0.39 is 10.8 Å². The van der Waals surface area contributed by atoms with Gasteiger partial charge < -0.3 is 18.6 Å². The largest absolute Gasteiger partial charge is 0.456 e. The van der Waals surface area contributed by atoms with Crippen molar-refractivity contribution in [1.29, 1.82) is 0 Å². The van der Waals surface area contributed by atoms with Gasteiger partial charge in [0.05, 0.1) is 27.9 Å². The van der Waals surface area contributed by atoms with Crippen LogP contribution in [0.15, 0.2) is 555 Å². The maximum absolute atomic E-state index is 6.73. The maximum atomic E-state index is 6.73. The van der Waals surface area contributed by atoms with E-state index in [-0.39, 0.29) is 0 Å². The van der Waals surface area contributed by atoms with Crippen molar-refractivity contribution in [2.24, 2.45) is 0 Å². The first kappa shape index (κ1) is 84.9. The van der Waals surface area contributed by atoms with E-state index in [1.54, 1.807) is 0 Å². The Hall–Kier alpha value is -19.5. The predicted molar refractivity (Wildman–Crippen MR) is 627 cm³/mol. The Balaban J connectivity index is 0.000000135. The molecule has 0 atom stereocenters. The van der Waals surface area contributed by atoms with Crippen molar-refractivity contribution < 1.29 is 8.83 Å². The van der Waals surface area contributed by atoms with Crippen LogP contribution in [0.25, 0.3) is 220 Å². The van der Waals surface area contributed by atoms with E-state index in [4.69, 9.17) is 8.83 Å². The quantitative estimate of drug-likeness (QED) is 0.114. The molecule has 2 aromatic heterocycles. The molecule has 2 spiro atoms. The van der Waals surface area contributed by atoms with Crippen LogP contribution in [0, 0.1) is 0 Å². The second-order valence-electron chi connectivity index (χ2n) is 40.4. The van der Waals surface area contributed by atoms with Crippen molar-refractivity contribution in [3.05, 3.63) is 590 Å². The van der Waals surface area contributed by atoms with E-state index in [1.807, 2.05) is 0 Å². The summed E-state index contributed by atoms with van der Waals surface area (Å²) in [6, 6.07) is 203. The summed E-state index contributed by atoms with van der Waals surface area (Å²) in [4.78, 5) is 5.16. The number of hydrogen-bond acceptors (Lipinski definition) is 4. The lowest BCUT2D eigenvalue weighted by Gasteiger charge is -2.34. The van der Waals surface area contributed by atoms with Crippen LogP contribution in [0.1, 0.15) is 44.5 Å². The summed E-state index contributed by atoms with van der Waals surface area (Å²) in [5, 5.41) is 19.2. The van der Waals surface area contributed by atoms with Crippen LogP contribution in [0.5, 0.6) is 0 Å². The summed E-state index contributed by atoms with van der Waals surface area (Å²) in [7, 11) is 0. The normalized spacial score (nSPS) is 12.9. The SMILES string of the molecule is c1ccc(-c2cc(-c3ccccc3)cc(N(c3ccc4c5ccccc5c5ccccc5c4c3)c3cc4c(cc3-c3cccc5oc6ccccc6c35)-c3ccccc3C43c4ccccc4-c4ccccc43)c2)cc1.c1ccc(-c2ccc(N(c3ccc4c5ccccc5c5ccccc5c4c3)c3cc4c(cc3-c3cccc5oc6ccccc6c35)-c3ccccc3C43c4ccccc4-c4ccccc43)c(-c3ccccc3)c2)cc1. The third-order valence-electron chi connectivity index (χ3n) is 32.9. The molecule has 0 unspecified atom stereocenters. The van der Waals surface area contributed by atoms with E-state index >= 15 is 0 Å². The van der Waals surface area contributed by atoms with Crippen LogP contribution in [-0.4, -0.2) is 0 Å². The Morgan fingerprint density at radius 1 is 0.127 bits per heavy atom. The summed E-state index contributed by atoms with van der Waals surface area (Å²) in [5.41, 5.74) is 42.9. The van der Waals surface area contributed by atoms with Crippen LogP contribution in [0.4, 0.5) is 34.1 Å². The zero-order valence-corrected chi connectivity index (χ0v) is 81.7. The lowest BCUT2D eigenvalue weighted by atomic mass is 9.70. The van der Waals surface area contributed by atoms with Crippen molar-refractivity contribution in [3.8, 4) is 111 Å². The maximum Gasteiger partial charge on any atom is 0.136 e. The van der Waals surface area contributed by atoms with E-state index in [2.05, 4.69) is 556 Å².